The van der Waals surface area contributed by atoms with Crippen LogP contribution in [0.1, 0.15) is 24.0 Å². The van der Waals surface area contributed by atoms with Gasteiger partial charge in [0.2, 0.25) is 5.91 Å². The summed E-state index contributed by atoms with van der Waals surface area (Å²) < 4.78 is 0. The van der Waals surface area contributed by atoms with Gasteiger partial charge in [-0.2, -0.15) is 0 Å². The summed E-state index contributed by atoms with van der Waals surface area (Å²) in [6.45, 7) is 4.79. The molecule has 1 fully saturated rings. The van der Waals surface area contributed by atoms with Crippen LogP contribution in [0.3, 0.4) is 0 Å². The van der Waals surface area contributed by atoms with Gasteiger partial charge in [0.25, 0.3) is 0 Å². The van der Waals surface area contributed by atoms with Crippen molar-refractivity contribution in [2.45, 2.75) is 26.2 Å². The molecule has 96 valence electrons. The normalized spacial score (nSPS) is 22.9. The zero-order valence-corrected chi connectivity index (χ0v) is 10.9. The van der Waals surface area contributed by atoms with Crippen LogP contribution in [0, 0.1) is 12.8 Å². The van der Waals surface area contributed by atoms with Crippen molar-refractivity contribution in [1.82, 2.24) is 5.32 Å². The van der Waals surface area contributed by atoms with Crippen LogP contribution in [0.15, 0.2) is 18.2 Å². The SMILES string of the molecule is Cc1ccc2c(c1)N(C(=O)C1CCNC1)CCC2. The molecule has 0 bridgehead atoms. The van der Waals surface area contributed by atoms with Gasteiger partial charge in [-0.25, -0.2) is 0 Å². The highest BCUT2D eigenvalue weighted by atomic mass is 16.2. The van der Waals surface area contributed by atoms with Crippen LogP contribution >= 0.6 is 0 Å². The average Bonchev–Trinajstić information content (AvgIpc) is 2.91. The summed E-state index contributed by atoms with van der Waals surface area (Å²) in [6.07, 6.45) is 3.17. The molecule has 3 heteroatoms. The molecule has 0 spiro atoms. The molecule has 1 amide bonds. The molecule has 2 aliphatic heterocycles. The van der Waals surface area contributed by atoms with Crippen molar-refractivity contribution in [3.05, 3.63) is 29.3 Å². The van der Waals surface area contributed by atoms with Crippen LogP contribution in [0.5, 0.6) is 0 Å². The first-order valence-electron chi connectivity index (χ1n) is 6.87. The third-order valence-corrected chi connectivity index (χ3v) is 4.04. The number of nitrogens with zero attached hydrogens (tertiary/aromatic N) is 1. The minimum atomic E-state index is 0.177. The van der Waals surface area contributed by atoms with E-state index in [1.807, 2.05) is 4.90 Å². The molecule has 1 saturated heterocycles. The maximum Gasteiger partial charge on any atom is 0.231 e. The summed E-state index contributed by atoms with van der Waals surface area (Å²) in [5.41, 5.74) is 3.71. The molecule has 1 atom stereocenters. The Morgan fingerprint density at radius 2 is 2.33 bits per heavy atom. The molecule has 2 heterocycles. The van der Waals surface area contributed by atoms with Gasteiger partial charge in [-0.15, -0.1) is 0 Å². The van der Waals surface area contributed by atoms with Gasteiger partial charge in [-0.3, -0.25) is 4.79 Å². The van der Waals surface area contributed by atoms with E-state index in [9.17, 15) is 4.79 Å². The summed E-state index contributed by atoms with van der Waals surface area (Å²) >= 11 is 0. The number of carbonyl (C=O) groups is 1. The summed E-state index contributed by atoms with van der Waals surface area (Å²) in [5, 5.41) is 3.28. The molecule has 0 aliphatic carbocycles. The molecule has 1 aromatic rings. The van der Waals surface area contributed by atoms with Gasteiger partial charge in [-0.1, -0.05) is 12.1 Å². The second-order valence-corrected chi connectivity index (χ2v) is 5.42. The number of benzene rings is 1. The van der Waals surface area contributed by atoms with Gasteiger partial charge in [-0.05, 0) is 49.9 Å². The fraction of sp³-hybridized carbons (Fsp3) is 0.533. The number of anilines is 1. The minimum absolute atomic E-state index is 0.177. The maximum absolute atomic E-state index is 12.6. The fourth-order valence-electron chi connectivity index (χ4n) is 3.00. The predicted octanol–water partition coefficient (Wildman–Crippen LogP) is 1.88. The lowest BCUT2D eigenvalue weighted by Gasteiger charge is -2.31. The van der Waals surface area contributed by atoms with Crippen LogP contribution in [-0.4, -0.2) is 25.5 Å². The maximum atomic E-state index is 12.6. The van der Waals surface area contributed by atoms with E-state index in [-0.39, 0.29) is 5.92 Å². The van der Waals surface area contributed by atoms with E-state index < -0.39 is 0 Å². The van der Waals surface area contributed by atoms with E-state index in [1.165, 1.54) is 11.1 Å². The Labute approximate surface area is 108 Å². The van der Waals surface area contributed by atoms with Crippen molar-refractivity contribution < 1.29 is 4.79 Å². The monoisotopic (exact) mass is 244 g/mol. The number of aryl methyl sites for hydroxylation is 2. The summed E-state index contributed by atoms with van der Waals surface area (Å²) in [7, 11) is 0. The summed E-state index contributed by atoms with van der Waals surface area (Å²) in [4.78, 5) is 14.6. The molecule has 1 unspecified atom stereocenters. The lowest BCUT2D eigenvalue weighted by Crippen LogP contribution is -2.40. The molecular weight excluding hydrogens is 224 g/mol. The molecule has 0 radical (unpaired) electrons. The second-order valence-electron chi connectivity index (χ2n) is 5.42. The first kappa shape index (κ1) is 11.7. The molecule has 3 nitrogen and oxygen atoms in total. The number of nitrogens with one attached hydrogen (secondary N) is 1. The minimum Gasteiger partial charge on any atom is -0.316 e. The molecule has 1 aromatic carbocycles. The van der Waals surface area contributed by atoms with Crippen LogP contribution in [0.2, 0.25) is 0 Å². The van der Waals surface area contributed by atoms with Crippen molar-refractivity contribution in [3.63, 3.8) is 0 Å². The van der Waals surface area contributed by atoms with Crippen molar-refractivity contribution in [1.29, 1.82) is 0 Å². The highest BCUT2D eigenvalue weighted by molar-refractivity contribution is 5.96. The van der Waals surface area contributed by atoms with E-state index in [0.717, 1.165) is 44.6 Å². The highest BCUT2D eigenvalue weighted by Crippen LogP contribution is 2.30. The smallest absolute Gasteiger partial charge is 0.231 e. The number of carbonyl (C=O) groups excluding carboxylic acids is 1. The van der Waals surface area contributed by atoms with E-state index >= 15 is 0 Å². The van der Waals surface area contributed by atoms with Gasteiger partial charge < -0.3 is 10.2 Å². The standard InChI is InChI=1S/C15H20N2O/c1-11-4-5-12-3-2-8-17(14(12)9-11)15(18)13-6-7-16-10-13/h4-5,9,13,16H,2-3,6-8,10H2,1H3. The van der Waals surface area contributed by atoms with Crippen LogP contribution in [-0.2, 0) is 11.2 Å². The Hall–Kier alpha value is -1.35. The molecule has 3 rings (SSSR count). The van der Waals surface area contributed by atoms with Gasteiger partial charge in [0.1, 0.15) is 0 Å². The Morgan fingerprint density at radius 1 is 1.44 bits per heavy atom. The highest BCUT2D eigenvalue weighted by Gasteiger charge is 2.30. The Bertz CT molecular complexity index is 464. The van der Waals surface area contributed by atoms with Gasteiger partial charge in [0.05, 0.1) is 5.92 Å². The first-order chi connectivity index (χ1) is 8.75. The van der Waals surface area contributed by atoms with Crippen molar-refractivity contribution in [3.8, 4) is 0 Å². The Kier molecular flexibility index (Phi) is 3.08. The molecule has 18 heavy (non-hydrogen) atoms. The third-order valence-electron chi connectivity index (χ3n) is 4.04. The molecule has 1 N–H and O–H groups in total. The third kappa shape index (κ3) is 2.03. The van der Waals surface area contributed by atoms with E-state index in [0.29, 0.717) is 5.91 Å². The predicted molar refractivity (Wildman–Crippen MR) is 72.8 cm³/mol. The number of hydrogen-bond donors (Lipinski definition) is 1. The number of rotatable bonds is 1. The van der Waals surface area contributed by atoms with Crippen LogP contribution in [0.4, 0.5) is 5.69 Å². The van der Waals surface area contributed by atoms with E-state index in [1.54, 1.807) is 0 Å². The average molecular weight is 244 g/mol. The quantitative estimate of drug-likeness (QED) is 0.818. The van der Waals surface area contributed by atoms with E-state index in [2.05, 4.69) is 30.4 Å². The Balaban J connectivity index is 1.90. The van der Waals surface area contributed by atoms with E-state index in [4.69, 9.17) is 0 Å². The van der Waals surface area contributed by atoms with Crippen LogP contribution in [0.25, 0.3) is 0 Å². The molecule has 2 aliphatic rings. The van der Waals surface area contributed by atoms with Crippen molar-refractivity contribution in [2.75, 3.05) is 24.5 Å². The Morgan fingerprint density at radius 3 is 3.11 bits per heavy atom. The largest absolute Gasteiger partial charge is 0.316 e. The molecular formula is C15H20N2O. The zero-order valence-electron chi connectivity index (χ0n) is 10.9. The van der Waals surface area contributed by atoms with Crippen molar-refractivity contribution >= 4 is 11.6 Å². The number of amides is 1. The van der Waals surface area contributed by atoms with Gasteiger partial charge >= 0.3 is 0 Å². The van der Waals surface area contributed by atoms with Gasteiger partial charge in [0, 0.05) is 18.8 Å². The number of hydrogen-bond acceptors (Lipinski definition) is 2. The lowest BCUT2D eigenvalue weighted by atomic mass is 9.97. The first-order valence-corrected chi connectivity index (χ1v) is 6.87. The second kappa shape index (κ2) is 4.73. The zero-order chi connectivity index (χ0) is 12.5. The summed E-state index contributed by atoms with van der Waals surface area (Å²) in [5.74, 6) is 0.489. The molecule has 0 saturated carbocycles. The van der Waals surface area contributed by atoms with Gasteiger partial charge in [0.15, 0.2) is 0 Å². The van der Waals surface area contributed by atoms with Crippen LogP contribution < -0.4 is 10.2 Å². The summed E-state index contributed by atoms with van der Waals surface area (Å²) in [6, 6.07) is 6.48. The lowest BCUT2D eigenvalue weighted by molar-refractivity contribution is -0.121. The topological polar surface area (TPSA) is 32.3 Å². The van der Waals surface area contributed by atoms with Crippen molar-refractivity contribution in [2.24, 2.45) is 5.92 Å². The molecule has 0 aromatic heterocycles. The fourth-order valence-corrected chi connectivity index (χ4v) is 3.00. The number of fused-ring (bicyclic) bond motifs is 1.